The summed E-state index contributed by atoms with van der Waals surface area (Å²) >= 11 is 0. The van der Waals surface area contributed by atoms with E-state index in [0.29, 0.717) is 12.3 Å². The van der Waals surface area contributed by atoms with E-state index < -0.39 is 4.92 Å². The Morgan fingerprint density at radius 3 is 2.67 bits per heavy atom. The first-order chi connectivity index (χ1) is 10.1. The highest BCUT2D eigenvalue weighted by Crippen LogP contribution is 2.37. The van der Waals surface area contributed by atoms with E-state index >= 15 is 0 Å². The number of benzene rings is 1. The summed E-state index contributed by atoms with van der Waals surface area (Å²) in [6.45, 7) is 1.45. The summed E-state index contributed by atoms with van der Waals surface area (Å²) < 4.78 is 5.09. The second-order valence-corrected chi connectivity index (χ2v) is 5.77. The Balaban J connectivity index is 1.99. The van der Waals surface area contributed by atoms with Crippen molar-refractivity contribution in [2.45, 2.75) is 32.2 Å². The summed E-state index contributed by atoms with van der Waals surface area (Å²) in [6, 6.07) is 4.76. The van der Waals surface area contributed by atoms with Crippen molar-refractivity contribution in [1.82, 2.24) is 5.32 Å². The van der Waals surface area contributed by atoms with Crippen LogP contribution in [-0.4, -0.2) is 30.3 Å². The maximum Gasteiger partial charge on any atom is 0.273 e. The Morgan fingerprint density at radius 2 is 2.10 bits per heavy atom. The topological polar surface area (TPSA) is 84.6 Å². The molecule has 6 heteroatoms. The van der Waals surface area contributed by atoms with Gasteiger partial charge in [0.2, 0.25) is 0 Å². The van der Waals surface area contributed by atoms with E-state index in [1.54, 1.807) is 12.1 Å². The fourth-order valence-corrected chi connectivity index (χ4v) is 2.96. The van der Waals surface area contributed by atoms with Crippen LogP contribution < -0.4 is 10.1 Å². The van der Waals surface area contributed by atoms with Gasteiger partial charge in [0.15, 0.2) is 0 Å². The third-order valence-electron chi connectivity index (χ3n) is 4.23. The average Bonchev–Trinajstić information content (AvgIpc) is 2.96. The van der Waals surface area contributed by atoms with Crippen LogP contribution in [0.15, 0.2) is 18.2 Å². The van der Waals surface area contributed by atoms with Gasteiger partial charge in [0.25, 0.3) is 5.69 Å². The molecule has 1 saturated carbocycles. The van der Waals surface area contributed by atoms with Crippen LogP contribution in [0.1, 0.15) is 31.2 Å². The molecule has 0 aliphatic heterocycles. The van der Waals surface area contributed by atoms with Crippen LogP contribution in [0.2, 0.25) is 0 Å². The summed E-state index contributed by atoms with van der Waals surface area (Å²) in [5, 5.41) is 23.8. The minimum Gasteiger partial charge on any atom is -0.496 e. The Morgan fingerprint density at radius 1 is 1.38 bits per heavy atom. The molecule has 0 unspecified atom stereocenters. The Labute approximate surface area is 124 Å². The molecule has 1 aromatic rings. The van der Waals surface area contributed by atoms with Gasteiger partial charge < -0.3 is 15.2 Å². The number of nitro benzene ring substituents is 1. The standard InChI is InChI=1S/C15H22N2O4/c1-21-14-7-12(6-13(8-14)17(19)20)9-16-10-15(11-18)4-2-3-5-15/h6-8,16,18H,2-5,9-11H2,1H3. The SMILES string of the molecule is COc1cc(CNCC2(CO)CCCC2)cc([N+](=O)[O-])c1. The number of aliphatic hydroxyl groups is 1. The zero-order valence-corrected chi connectivity index (χ0v) is 12.3. The summed E-state index contributed by atoms with van der Waals surface area (Å²) in [4.78, 5) is 10.5. The van der Waals surface area contributed by atoms with E-state index in [1.807, 2.05) is 0 Å². The first kappa shape index (κ1) is 15.7. The summed E-state index contributed by atoms with van der Waals surface area (Å²) in [6.07, 6.45) is 4.39. The predicted octanol–water partition coefficient (Wildman–Crippen LogP) is 2.25. The molecule has 2 N–H and O–H groups in total. The number of nitrogens with one attached hydrogen (secondary N) is 1. The van der Waals surface area contributed by atoms with Crippen LogP contribution in [0.25, 0.3) is 0 Å². The fourth-order valence-electron chi connectivity index (χ4n) is 2.96. The van der Waals surface area contributed by atoms with Gasteiger partial charge in [-0.1, -0.05) is 12.8 Å². The van der Waals surface area contributed by atoms with Gasteiger partial charge in [0, 0.05) is 31.2 Å². The number of non-ortho nitro benzene ring substituents is 1. The molecule has 6 nitrogen and oxygen atoms in total. The number of nitro groups is 1. The van der Waals surface area contributed by atoms with E-state index in [2.05, 4.69) is 5.32 Å². The molecule has 0 heterocycles. The molecule has 1 fully saturated rings. The molecule has 0 aromatic heterocycles. The van der Waals surface area contributed by atoms with E-state index in [1.165, 1.54) is 13.2 Å². The van der Waals surface area contributed by atoms with Gasteiger partial charge in [-0.15, -0.1) is 0 Å². The Kier molecular flexibility index (Phi) is 5.14. The third kappa shape index (κ3) is 3.92. The van der Waals surface area contributed by atoms with Crippen molar-refractivity contribution < 1.29 is 14.8 Å². The zero-order chi connectivity index (χ0) is 15.3. The lowest BCUT2D eigenvalue weighted by Gasteiger charge is -2.26. The minimum absolute atomic E-state index is 0.0230. The third-order valence-corrected chi connectivity index (χ3v) is 4.23. The van der Waals surface area contributed by atoms with Crippen LogP contribution in [-0.2, 0) is 6.54 Å². The van der Waals surface area contributed by atoms with Gasteiger partial charge in [0.05, 0.1) is 18.1 Å². The van der Waals surface area contributed by atoms with Crippen molar-refractivity contribution in [3.05, 3.63) is 33.9 Å². The van der Waals surface area contributed by atoms with Crippen LogP contribution in [0.4, 0.5) is 5.69 Å². The first-order valence-corrected chi connectivity index (χ1v) is 7.22. The molecule has 116 valence electrons. The monoisotopic (exact) mass is 294 g/mol. The fraction of sp³-hybridized carbons (Fsp3) is 0.600. The molecule has 1 aromatic carbocycles. The second-order valence-electron chi connectivity index (χ2n) is 5.77. The molecule has 2 rings (SSSR count). The quantitative estimate of drug-likeness (QED) is 0.595. The van der Waals surface area contributed by atoms with Gasteiger partial charge in [0.1, 0.15) is 5.75 Å². The first-order valence-electron chi connectivity index (χ1n) is 7.22. The minimum atomic E-state index is -0.418. The number of aliphatic hydroxyl groups excluding tert-OH is 1. The summed E-state index contributed by atoms with van der Waals surface area (Å²) in [5.41, 5.74) is 0.821. The molecule has 0 amide bonds. The van der Waals surface area contributed by atoms with Crippen LogP contribution in [0.5, 0.6) is 5.75 Å². The largest absolute Gasteiger partial charge is 0.496 e. The molecule has 0 radical (unpaired) electrons. The molecule has 1 aliphatic rings. The molecule has 0 bridgehead atoms. The maximum atomic E-state index is 10.9. The van der Waals surface area contributed by atoms with E-state index in [9.17, 15) is 15.2 Å². The van der Waals surface area contributed by atoms with Crippen LogP contribution in [0.3, 0.4) is 0 Å². The van der Waals surface area contributed by atoms with Crippen molar-refractivity contribution >= 4 is 5.69 Å². The van der Waals surface area contributed by atoms with Crippen molar-refractivity contribution in [3.8, 4) is 5.75 Å². The van der Waals surface area contributed by atoms with Crippen molar-refractivity contribution in [1.29, 1.82) is 0 Å². The summed E-state index contributed by atoms with van der Waals surface area (Å²) in [7, 11) is 1.50. The van der Waals surface area contributed by atoms with Gasteiger partial charge >= 0.3 is 0 Å². The second kappa shape index (κ2) is 6.87. The van der Waals surface area contributed by atoms with E-state index in [0.717, 1.165) is 37.8 Å². The lowest BCUT2D eigenvalue weighted by atomic mass is 9.87. The molecule has 0 saturated heterocycles. The highest BCUT2D eigenvalue weighted by Gasteiger charge is 2.32. The molecule has 0 atom stereocenters. The van der Waals surface area contributed by atoms with Crippen molar-refractivity contribution in [3.63, 3.8) is 0 Å². The lowest BCUT2D eigenvalue weighted by molar-refractivity contribution is -0.385. The van der Waals surface area contributed by atoms with Gasteiger partial charge in [-0.05, 0) is 24.5 Å². The number of rotatable bonds is 7. The Hall–Kier alpha value is -1.66. The van der Waals surface area contributed by atoms with Crippen molar-refractivity contribution in [2.24, 2.45) is 5.41 Å². The molecule has 21 heavy (non-hydrogen) atoms. The van der Waals surface area contributed by atoms with Gasteiger partial charge in [-0.25, -0.2) is 0 Å². The maximum absolute atomic E-state index is 10.9. The molecule has 1 aliphatic carbocycles. The number of nitrogens with zero attached hydrogens (tertiary/aromatic N) is 1. The smallest absolute Gasteiger partial charge is 0.273 e. The Bertz CT molecular complexity index is 498. The number of ether oxygens (including phenoxy) is 1. The zero-order valence-electron chi connectivity index (χ0n) is 12.3. The van der Waals surface area contributed by atoms with Gasteiger partial charge in [-0.2, -0.15) is 0 Å². The summed E-state index contributed by atoms with van der Waals surface area (Å²) in [5.74, 6) is 0.485. The molecular weight excluding hydrogens is 272 g/mol. The lowest BCUT2D eigenvalue weighted by Crippen LogP contribution is -2.34. The molecular formula is C15H22N2O4. The van der Waals surface area contributed by atoms with E-state index in [-0.39, 0.29) is 17.7 Å². The highest BCUT2D eigenvalue weighted by atomic mass is 16.6. The van der Waals surface area contributed by atoms with Crippen LogP contribution >= 0.6 is 0 Å². The van der Waals surface area contributed by atoms with Crippen LogP contribution in [0, 0.1) is 15.5 Å². The van der Waals surface area contributed by atoms with Gasteiger partial charge in [-0.3, -0.25) is 10.1 Å². The number of hydrogen-bond acceptors (Lipinski definition) is 5. The highest BCUT2D eigenvalue weighted by molar-refractivity contribution is 5.42. The number of methoxy groups -OCH3 is 1. The van der Waals surface area contributed by atoms with E-state index in [4.69, 9.17) is 4.74 Å². The average molecular weight is 294 g/mol. The van der Waals surface area contributed by atoms with Crippen molar-refractivity contribution in [2.75, 3.05) is 20.3 Å². The normalized spacial score (nSPS) is 16.9. The predicted molar refractivity (Wildman–Crippen MR) is 79.3 cm³/mol. The molecule has 0 spiro atoms. The number of hydrogen-bond donors (Lipinski definition) is 2.